The second-order valence-corrected chi connectivity index (χ2v) is 7.64. The summed E-state index contributed by atoms with van der Waals surface area (Å²) in [7, 11) is 1.37. The molecule has 30 heavy (non-hydrogen) atoms. The van der Waals surface area contributed by atoms with Gasteiger partial charge in [-0.05, 0) is 43.7 Å². The molecule has 0 fully saturated rings. The summed E-state index contributed by atoms with van der Waals surface area (Å²) in [5, 5.41) is 2.83. The number of quaternary nitrogens is 1. The molecule has 2 N–H and O–H groups in total. The minimum atomic E-state index is -0.427. The van der Waals surface area contributed by atoms with Crippen molar-refractivity contribution in [1.82, 2.24) is 0 Å². The molecule has 1 aliphatic heterocycles. The molecule has 0 bridgehead atoms. The lowest BCUT2D eigenvalue weighted by atomic mass is 9.94. The first-order chi connectivity index (χ1) is 14.4. The zero-order valence-electron chi connectivity index (χ0n) is 17.4. The van der Waals surface area contributed by atoms with Crippen LogP contribution in [0.1, 0.15) is 35.3 Å². The van der Waals surface area contributed by atoms with E-state index in [1.807, 2.05) is 24.3 Å². The third-order valence-corrected chi connectivity index (χ3v) is 5.07. The van der Waals surface area contributed by atoms with Crippen molar-refractivity contribution in [1.29, 1.82) is 0 Å². The monoisotopic (exact) mass is 411 g/mol. The van der Waals surface area contributed by atoms with Gasteiger partial charge >= 0.3 is 11.9 Å². The van der Waals surface area contributed by atoms with Crippen molar-refractivity contribution in [3.63, 3.8) is 0 Å². The summed E-state index contributed by atoms with van der Waals surface area (Å²) in [6, 6.07) is 14.1. The van der Waals surface area contributed by atoms with Crippen LogP contribution in [-0.2, 0) is 32.0 Å². The van der Waals surface area contributed by atoms with Crippen molar-refractivity contribution in [2.45, 2.75) is 39.0 Å². The summed E-state index contributed by atoms with van der Waals surface area (Å²) >= 11 is 0. The molecule has 158 valence electrons. The Labute approximate surface area is 176 Å². The fourth-order valence-corrected chi connectivity index (χ4v) is 3.62. The van der Waals surface area contributed by atoms with E-state index in [1.54, 1.807) is 38.1 Å². The minimum Gasteiger partial charge on any atom is -0.465 e. The SMILES string of the molecule is COC(=O)[C@H]1Cc2ccccc2C[NH+]1CC(=O)Nc1ccc(C(=O)OC(C)C)cc1. The van der Waals surface area contributed by atoms with E-state index in [-0.39, 0.29) is 24.5 Å². The van der Waals surface area contributed by atoms with Gasteiger partial charge in [-0.3, -0.25) is 4.79 Å². The molecule has 0 aromatic heterocycles. The van der Waals surface area contributed by atoms with Gasteiger partial charge in [0, 0.05) is 17.7 Å². The Morgan fingerprint density at radius 3 is 2.37 bits per heavy atom. The van der Waals surface area contributed by atoms with E-state index in [1.165, 1.54) is 7.11 Å². The number of carbonyl (C=O) groups is 3. The number of rotatable bonds is 6. The lowest BCUT2D eigenvalue weighted by molar-refractivity contribution is -0.924. The lowest BCUT2D eigenvalue weighted by Crippen LogP contribution is -3.17. The van der Waals surface area contributed by atoms with Gasteiger partial charge in [0.1, 0.15) is 6.54 Å². The van der Waals surface area contributed by atoms with Gasteiger partial charge in [0.15, 0.2) is 12.6 Å². The van der Waals surface area contributed by atoms with Crippen LogP contribution in [0.2, 0.25) is 0 Å². The van der Waals surface area contributed by atoms with Gasteiger partial charge in [-0.2, -0.15) is 0 Å². The second kappa shape index (κ2) is 9.54. The molecule has 2 aromatic rings. The van der Waals surface area contributed by atoms with Crippen LogP contribution in [0.5, 0.6) is 0 Å². The molecule has 7 heteroatoms. The molecule has 1 unspecified atom stereocenters. The fraction of sp³-hybridized carbons (Fsp3) is 0.348. The van der Waals surface area contributed by atoms with Gasteiger partial charge in [-0.15, -0.1) is 0 Å². The number of hydrogen-bond acceptors (Lipinski definition) is 5. The van der Waals surface area contributed by atoms with E-state index in [4.69, 9.17) is 9.47 Å². The van der Waals surface area contributed by atoms with Crippen LogP contribution in [0.3, 0.4) is 0 Å². The first-order valence-electron chi connectivity index (χ1n) is 9.97. The molecule has 0 saturated heterocycles. The number of ether oxygens (including phenoxy) is 2. The maximum absolute atomic E-state index is 12.6. The first kappa shape index (κ1) is 21.5. The predicted octanol–water partition coefficient (Wildman–Crippen LogP) is 1.37. The average molecular weight is 411 g/mol. The summed E-state index contributed by atoms with van der Waals surface area (Å²) in [6.07, 6.45) is 0.343. The van der Waals surface area contributed by atoms with Crippen LogP contribution in [0.4, 0.5) is 5.69 Å². The van der Waals surface area contributed by atoms with Gasteiger partial charge in [0.05, 0.1) is 18.8 Å². The number of benzene rings is 2. The Hall–Kier alpha value is -3.19. The van der Waals surface area contributed by atoms with Gasteiger partial charge in [0.25, 0.3) is 5.91 Å². The normalized spacial score (nSPS) is 17.7. The highest BCUT2D eigenvalue weighted by Crippen LogP contribution is 2.15. The van der Waals surface area contributed by atoms with Crippen LogP contribution >= 0.6 is 0 Å². The summed E-state index contributed by atoms with van der Waals surface area (Å²) in [4.78, 5) is 37.7. The molecule has 1 aliphatic rings. The molecular weight excluding hydrogens is 384 g/mol. The molecule has 2 aromatic carbocycles. The molecular formula is C23H27N2O5+. The number of fused-ring (bicyclic) bond motifs is 1. The highest BCUT2D eigenvalue weighted by Gasteiger charge is 2.37. The van der Waals surface area contributed by atoms with Crippen molar-refractivity contribution in [3.8, 4) is 0 Å². The summed E-state index contributed by atoms with van der Waals surface area (Å²) in [5.74, 6) is -0.934. The smallest absolute Gasteiger partial charge is 0.365 e. The van der Waals surface area contributed by atoms with Crippen molar-refractivity contribution < 1.29 is 28.8 Å². The van der Waals surface area contributed by atoms with E-state index < -0.39 is 12.0 Å². The molecule has 7 nitrogen and oxygen atoms in total. The molecule has 0 saturated carbocycles. The molecule has 0 radical (unpaired) electrons. The summed E-state index contributed by atoms with van der Waals surface area (Å²) in [5.41, 5.74) is 3.24. The maximum Gasteiger partial charge on any atom is 0.365 e. The third kappa shape index (κ3) is 5.24. The van der Waals surface area contributed by atoms with E-state index in [2.05, 4.69) is 5.32 Å². The standard InChI is InChI=1S/C23H26N2O5/c1-15(2)30-22(27)16-8-10-19(11-9-16)24-21(26)14-25-13-18-7-5-4-6-17(18)12-20(25)23(28)29-3/h4-11,15,20H,12-14H2,1-3H3,(H,24,26)/p+1/t20-/m1/s1. The zero-order valence-corrected chi connectivity index (χ0v) is 17.4. The fourth-order valence-electron chi connectivity index (χ4n) is 3.62. The van der Waals surface area contributed by atoms with Crippen molar-refractivity contribution in [2.24, 2.45) is 0 Å². The number of esters is 2. The maximum atomic E-state index is 12.6. The lowest BCUT2D eigenvalue weighted by Gasteiger charge is -2.31. The molecule has 1 heterocycles. The molecule has 3 rings (SSSR count). The van der Waals surface area contributed by atoms with Crippen molar-refractivity contribution in [2.75, 3.05) is 19.0 Å². The van der Waals surface area contributed by atoms with E-state index >= 15 is 0 Å². The zero-order chi connectivity index (χ0) is 21.7. The predicted molar refractivity (Wildman–Crippen MR) is 111 cm³/mol. The molecule has 2 atom stereocenters. The second-order valence-electron chi connectivity index (χ2n) is 7.64. The Balaban J connectivity index is 1.65. The Morgan fingerprint density at radius 1 is 1.07 bits per heavy atom. The van der Waals surface area contributed by atoms with Crippen molar-refractivity contribution >= 4 is 23.5 Å². The van der Waals surface area contributed by atoms with Crippen LogP contribution in [0.25, 0.3) is 0 Å². The Morgan fingerprint density at radius 2 is 1.73 bits per heavy atom. The number of anilines is 1. The van der Waals surface area contributed by atoms with E-state index in [0.29, 0.717) is 24.2 Å². The van der Waals surface area contributed by atoms with Crippen molar-refractivity contribution in [3.05, 3.63) is 65.2 Å². The summed E-state index contributed by atoms with van der Waals surface area (Å²) < 4.78 is 10.1. The molecule has 0 spiro atoms. The number of methoxy groups -OCH3 is 1. The van der Waals surface area contributed by atoms with Crippen LogP contribution in [0, 0.1) is 0 Å². The Bertz CT molecular complexity index is 923. The Kier molecular flexibility index (Phi) is 6.84. The third-order valence-electron chi connectivity index (χ3n) is 5.07. The molecule has 1 amide bonds. The van der Waals surface area contributed by atoms with Crippen LogP contribution < -0.4 is 10.2 Å². The highest BCUT2D eigenvalue weighted by molar-refractivity contribution is 5.93. The highest BCUT2D eigenvalue weighted by atomic mass is 16.5. The number of carbonyl (C=O) groups excluding carboxylic acids is 3. The van der Waals surface area contributed by atoms with Gasteiger partial charge in [0.2, 0.25) is 0 Å². The van der Waals surface area contributed by atoms with Crippen LogP contribution in [0.15, 0.2) is 48.5 Å². The van der Waals surface area contributed by atoms with E-state index in [0.717, 1.165) is 16.0 Å². The van der Waals surface area contributed by atoms with Gasteiger partial charge in [-0.25, -0.2) is 9.59 Å². The topological polar surface area (TPSA) is 86.1 Å². The number of nitrogens with one attached hydrogen (secondary N) is 2. The van der Waals surface area contributed by atoms with E-state index in [9.17, 15) is 14.4 Å². The van der Waals surface area contributed by atoms with Gasteiger partial charge < -0.3 is 19.7 Å². The summed E-state index contributed by atoms with van der Waals surface area (Å²) in [6.45, 7) is 4.28. The number of hydrogen-bond donors (Lipinski definition) is 2. The van der Waals surface area contributed by atoms with Crippen LogP contribution in [-0.4, -0.2) is 43.6 Å². The largest absolute Gasteiger partial charge is 0.465 e. The number of amides is 1. The minimum absolute atomic E-state index is 0.130. The average Bonchev–Trinajstić information content (AvgIpc) is 2.72. The molecule has 0 aliphatic carbocycles. The quantitative estimate of drug-likeness (QED) is 0.702. The first-order valence-corrected chi connectivity index (χ1v) is 9.97. The van der Waals surface area contributed by atoms with Gasteiger partial charge in [-0.1, -0.05) is 24.3 Å².